The molecule has 1 aliphatic rings. The minimum atomic E-state index is -3.76. The van der Waals surface area contributed by atoms with Crippen LogP contribution in [0.1, 0.15) is 15.9 Å². The minimum absolute atomic E-state index is 0.101. The largest absolute Gasteiger partial charge is 0.495 e. The first-order valence-electron chi connectivity index (χ1n) is 10.9. The van der Waals surface area contributed by atoms with E-state index in [1.54, 1.807) is 30.3 Å². The van der Waals surface area contributed by atoms with Crippen molar-refractivity contribution in [2.45, 2.75) is 11.8 Å². The molecule has 3 aromatic rings. The van der Waals surface area contributed by atoms with E-state index in [1.165, 1.54) is 23.5 Å². The molecule has 0 atom stereocenters. The van der Waals surface area contributed by atoms with Gasteiger partial charge in [-0.3, -0.25) is 4.79 Å². The summed E-state index contributed by atoms with van der Waals surface area (Å²) in [6.07, 6.45) is 0. The van der Waals surface area contributed by atoms with Crippen molar-refractivity contribution in [3.8, 4) is 5.75 Å². The molecule has 0 radical (unpaired) electrons. The first-order chi connectivity index (χ1) is 16.3. The van der Waals surface area contributed by atoms with Crippen LogP contribution >= 0.6 is 11.6 Å². The molecule has 9 heteroatoms. The van der Waals surface area contributed by atoms with Crippen LogP contribution in [0, 0.1) is 6.92 Å². The number of nitrogens with one attached hydrogen (secondary N) is 1. The topological polar surface area (TPSA) is 79.0 Å². The molecular weight excluding hydrogens is 474 g/mol. The Morgan fingerprint density at radius 1 is 0.971 bits per heavy atom. The molecule has 1 fully saturated rings. The van der Waals surface area contributed by atoms with Crippen molar-refractivity contribution in [3.63, 3.8) is 0 Å². The summed E-state index contributed by atoms with van der Waals surface area (Å²) in [4.78, 5) is 14.9. The summed E-state index contributed by atoms with van der Waals surface area (Å²) in [5.41, 5.74) is 2.87. The van der Waals surface area contributed by atoms with Crippen LogP contribution in [-0.2, 0) is 10.0 Å². The highest BCUT2D eigenvalue weighted by Gasteiger charge is 2.30. The first kappa shape index (κ1) is 24.1. The summed E-state index contributed by atoms with van der Waals surface area (Å²) in [5.74, 6) is 0.0310. The predicted octanol–water partition coefficient (Wildman–Crippen LogP) is 4.42. The van der Waals surface area contributed by atoms with E-state index >= 15 is 0 Å². The second kappa shape index (κ2) is 10.0. The standard InChI is InChI=1S/C25H26ClN3O4S/c1-18-8-9-20(26)16-23(18)28-12-14-29(15-13-28)34(31,32)21-10-11-24(33-2)22(17-21)27-25(30)19-6-4-3-5-7-19/h3-11,16-17H,12-15H2,1-2H3,(H,27,30). The molecule has 4 rings (SSSR count). The molecule has 34 heavy (non-hydrogen) atoms. The summed E-state index contributed by atoms with van der Waals surface area (Å²) < 4.78 is 33.6. The van der Waals surface area contributed by atoms with Crippen LogP contribution in [0.2, 0.25) is 5.02 Å². The highest BCUT2D eigenvalue weighted by atomic mass is 35.5. The van der Waals surface area contributed by atoms with Gasteiger partial charge in [0.15, 0.2) is 0 Å². The van der Waals surface area contributed by atoms with E-state index in [0.29, 0.717) is 48.2 Å². The van der Waals surface area contributed by atoms with Crippen LogP contribution in [0.5, 0.6) is 5.75 Å². The zero-order chi connectivity index (χ0) is 24.3. The SMILES string of the molecule is COc1ccc(S(=O)(=O)N2CCN(c3cc(Cl)ccc3C)CC2)cc1NC(=O)c1ccccc1. The second-order valence-corrected chi connectivity index (χ2v) is 10.4. The Labute approximate surface area is 205 Å². The number of sulfonamides is 1. The zero-order valence-corrected chi connectivity index (χ0v) is 20.6. The normalized spacial score (nSPS) is 14.6. The molecular formula is C25H26ClN3O4S. The third kappa shape index (κ3) is 5.04. The van der Waals surface area contributed by atoms with Crippen molar-refractivity contribution in [1.82, 2.24) is 4.31 Å². The number of hydrogen-bond acceptors (Lipinski definition) is 5. The lowest BCUT2D eigenvalue weighted by Crippen LogP contribution is -2.48. The first-order valence-corrected chi connectivity index (χ1v) is 12.7. The highest BCUT2D eigenvalue weighted by molar-refractivity contribution is 7.89. The van der Waals surface area contributed by atoms with Crippen LogP contribution in [0.3, 0.4) is 0 Å². The maximum atomic E-state index is 13.4. The fourth-order valence-electron chi connectivity index (χ4n) is 3.97. The molecule has 7 nitrogen and oxygen atoms in total. The number of anilines is 2. The van der Waals surface area contributed by atoms with Crippen LogP contribution in [0.4, 0.5) is 11.4 Å². The van der Waals surface area contributed by atoms with Crippen LogP contribution < -0.4 is 15.0 Å². The Morgan fingerprint density at radius 3 is 2.35 bits per heavy atom. The van der Waals surface area contributed by atoms with E-state index in [4.69, 9.17) is 16.3 Å². The van der Waals surface area contributed by atoms with Gasteiger partial charge in [-0.05, 0) is 55.0 Å². The fourth-order valence-corrected chi connectivity index (χ4v) is 5.59. The van der Waals surface area contributed by atoms with Crippen molar-refractivity contribution in [1.29, 1.82) is 0 Å². The minimum Gasteiger partial charge on any atom is -0.495 e. The molecule has 0 bridgehead atoms. The molecule has 0 aliphatic carbocycles. The third-order valence-corrected chi connectivity index (χ3v) is 7.97. The molecule has 1 aliphatic heterocycles. The lowest BCUT2D eigenvalue weighted by molar-refractivity contribution is 0.102. The van der Waals surface area contributed by atoms with E-state index in [9.17, 15) is 13.2 Å². The molecule has 0 spiro atoms. The van der Waals surface area contributed by atoms with Gasteiger partial charge in [0.25, 0.3) is 5.91 Å². The monoisotopic (exact) mass is 499 g/mol. The lowest BCUT2D eigenvalue weighted by Gasteiger charge is -2.36. The van der Waals surface area contributed by atoms with Crippen molar-refractivity contribution < 1.29 is 17.9 Å². The predicted molar refractivity (Wildman–Crippen MR) is 135 cm³/mol. The number of piperazine rings is 1. The van der Waals surface area contributed by atoms with Crippen molar-refractivity contribution >= 4 is 38.9 Å². The van der Waals surface area contributed by atoms with Gasteiger partial charge in [0.2, 0.25) is 10.0 Å². The summed E-state index contributed by atoms with van der Waals surface area (Å²) in [6.45, 7) is 3.79. The van der Waals surface area contributed by atoms with Gasteiger partial charge in [-0.2, -0.15) is 4.31 Å². The average Bonchev–Trinajstić information content (AvgIpc) is 2.86. The van der Waals surface area contributed by atoms with Gasteiger partial charge < -0.3 is 15.0 Å². The van der Waals surface area contributed by atoms with Crippen molar-refractivity contribution in [2.75, 3.05) is 43.5 Å². The van der Waals surface area contributed by atoms with Crippen LogP contribution in [0.15, 0.2) is 71.6 Å². The number of rotatable bonds is 6. The summed E-state index contributed by atoms with van der Waals surface area (Å²) >= 11 is 6.16. The smallest absolute Gasteiger partial charge is 0.255 e. The van der Waals surface area contributed by atoms with Gasteiger partial charge in [0.1, 0.15) is 5.75 Å². The van der Waals surface area contributed by atoms with Gasteiger partial charge in [-0.25, -0.2) is 8.42 Å². The number of carbonyl (C=O) groups excluding carboxylic acids is 1. The Balaban J connectivity index is 1.53. The Hall–Kier alpha value is -3.07. The van der Waals surface area contributed by atoms with Crippen molar-refractivity contribution in [3.05, 3.63) is 82.9 Å². The summed E-state index contributed by atoms with van der Waals surface area (Å²) in [5, 5.41) is 3.42. The van der Waals surface area contributed by atoms with Gasteiger partial charge in [-0.1, -0.05) is 35.9 Å². The van der Waals surface area contributed by atoms with E-state index in [0.717, 1.165) is 11.3 Å². The Bertz CT molecular complexity index is 1290. The van der Waals surface area contributed by atoms with E-state index < -0.39 is 10.0 Å². The summed E-state index contributed by atoms with van der Waals surface area (Å²) in [7, 11) is -2.29. The van der Waals surface area contributed by atoms with Gasteiger partial charge in [-0.15, -0.1) is 0 Å². The van der Waals surface area contributed by atoms with Crippen molar-refractivity contribution in [2.24, 2.45) is 0 Å². The number of halogens is 1. The van der Waals surface area contributed by atoms with Gasteiger partial charge >= 0.3 is 0 Å². The Kier molecular flexibility index (Phi) is 7.11. The molecule has 1 amide bonds. The number of benzene rings is 3. The molecule has 0 aromatic heterocycles. The molecule has 1 N–H and O–H groups in total. The van der Waals surface area contributed by atoms with E-state index in [1.807, 2.05) is 31.2 Å². The van der Waals surface area contributed by atoms with E-state index in [-0.39, 0.29) is 10.8 Å². The molecule has 178 valence electrons. The highest BCUT2D eigenvalue weighted by Crippen LogP contribution is 2.31. The fraction of sp³-hybridized carbons (Fsp3) is 0.240. The van der Waals surface area contributed by atoms with E-state index in [2.05, 4.69) is 10.2 Å². The number of methoxy groups -OCH3 is 1. The summed E-state index contributed by atoms with van der Waals surface area (Å²) in [6, 6.07) is 18.9. The number of nitrogens with zero attached hydrogens (tertiary/aromatic N) is 2. The lowest BCUT2D eigenvalue weighted by atomic mass is 10.1. The molecule has 0 unspecified atom stereocenters. The zero-order valence-electron chi connectivity index (χ0n) is 19.0. The molecule has 3 aromatic carbocycles. The molecule has 0 saturated carbocycles. The maximum Gasteiger partial charge on any atom is 0.255 e. The number of aryl methyl sites for hydroxylation is 1. The number of carbonyl (C=O) groups is 1. The van der Waals surface area contributed by atoms with Crippen LogP contribution in [0.25, 0.3) is 0 Å². The number of ether oxygens (including phenoxy) is 1. The third-order valence-electron chi connectivity index (χ3n) is 5.84. The average molecular weight is 500 g/mol. The quantitative estimate of drug-likeness (QED) is 0.543. The van der Waals surface area contributed by atoms with Gasteiger partial charge in [0.05, 0.1) is 17.7 Å². The number of hydrogen-bond donors (Lipinski definition) is 1. The Morgan fingerprint density at radius 2 is 1.68 bits per heavy atom. The number of amides is 1. The molecule has 1 saturated heterocycles. The molecule has 1 heterocycles. The van der Waals surface area contributed by atoms with Crippen LogP contribution in [-0.4, -0.2) is 51.9 Å². The van der Waals surface area contributed by atoms with Gasteiger partial charge in [0, 0.05) is 42.5 Å². The second-order valence-electron chi connectivity index (χ2n) is 8.00. The maximum absolute atomic E-state index is 13.4.